The largest absolute Gasteiger partial charge is 0.394 e. The van der Waals surface area contributed by atoms with Gasteiger partial charge in [-0.3, -0.25) is 4.79 Å². The quantitative estimate of drug-likeness (QED) is 0.0580. The summed E-state index contributed by atoms with van der Waals surface area (Å²) in [6.07, 6.45) is 39.7. The standard InChI is InChI=1S/C36H69NO3/c1-3-5-7-9-11-13-15-17-19-21-23-25-27-29-31-35(39)34(33-38)37-36(40)32-30-28-26-24-22-20-18-16-14-12-10-8-6-4-2/h21,23,29,31,34-35,38-39H,3-20,22,24-28,30,32-33H2,1-2H3,(H,37,40)/b23-21+,31-29+. The Labute approximate surface area is 249 Å². The van der Waals surface area contributed by atoms with Crippen LogP contribution in [-0.4, -0.2) is 34.9 Å². The summed E-state index contributed by atoms with van der Waals surface area (Å²) in [5, 5.41) is 22.8. The van der Waals surface area contributed by atoms with Crippen molar-refractivity contribution in [1.29, 1.82) is 0 Å². The average Bonchev–Trinajstić information content (AvgIpc) is 2.96. The highest BCUT2D eigenvalue weighted by Gasteiger charge is 2.17. The molecular formula is C36H69NO3. The van der Waals surface area contributed by atoms with Crippen molar-refractivity contribution in [3.8, 4) is 0 Å². The van der Waals surface area contributed by atoms with Gasteiger partial charge in [0.1, 0.15) is 0 Å². The normalized spacial score (nSPS) is 13.4. The van der Waals surface area contributed by atoms with E-state index in [-0.39, 0.29) is 12.5 Å². The summed E-state index contributed by atoms with van der Waals surface area (Å²) in [5.41, 5.74) is 0. The summed E-state index contributed by atoms with van der Waals surface area (Å²) < 4.78 is 0. The summed E-state index contributed by atoms with van der Waals surface area (Å²) in [7, 11) is 0. The van der Waals surface area contributed by atoms with Gasteiger partial charge < -0.3 is 15.5 Å². The molecule has 0 fully saturated rings. The topological polar surface area (TPSA) is 69.6 Å². The molecule has 0 rings (SSSR count). The molecule has 4 nitrogen and oxygen atoms in total. The summed E-state index contributed by atoms with van der Waals surface area (Å²) in [6, 6.07) is -0.632. The second kappa shape index (κ2) is 32.4. The predicted molar refractivity (Wildman–Crippen MR) is 175 cm³/mol. The predicted octanol–water partition coefficient (Wildman–Crippen LogP) is 10.1. The number of rotatable bonds is 31. The van der Waals surface area contributed by atoms with Gasteiger partial charge >= 0.3 is 0 Å². The van der Waals surface area contributed by atoms with Crippen LogP contribution >= 0.6 is 0 Å². The molecule has 2 atom stereocenters. The minimum Gasteiger partial charge on any atom is -0.394 e. The number of hydrogen-bond donors (Lipinski definition) is 3. The average molecular weight is 564 g/mol. The molecule has 236 valence electrons. The minimum atomic E-state index is -0.855. The van der Waals surface area contributed by atoms with E-state index >= 15 is 0 Å². The van der Waals surface area contributed by atoms with E-state index in [1.807, 2.05) is 6.08 Å². The molecule has 0 saturated heterocycles. The molecule has 0 saturated carbocycles. The zero-order valence-electron chi connectivity index (χ0n) is 26.9. The van der Waals surface area contributed by atoms with Crippen molar-refractivity contribution in [2.75, 3.05) is 6.61 Å². The highest BCUT2D eigenvalue weighted by Crippen LogP contribution is 2.14. The number of carbonyl (C=O) groups excluding carboxylic acids is 1. The first-order chi connectivity index (χ1) is 19.7. The zero-order valence-corrected chi connectivity index (χ0v) is 26.9. The van der Waals surface area contributed by atoms with Gasteiger partial charge in [0.05, 0.1) is 18.8 Å². The van der Waals surface area contributed by atoms with Crippen LogP contribution in [0.4, 0.5) is 0 Å². The van der Waals surface area contributed by atoms with Gasteiger partial charge in [-0.2, -0.15) is 0 Å². The third-order valence-corrected chi connectivity index (χ3v) is 7.94. The zero-order chi connectivity index (χ0) is 29.4. The second-order valence-electron chi connectivity index (χ2n) is 11.9. The number of hydrogen-bond acceptors (Lipinski definition) is 3. The Balaban J connectivity index is 3.67. The Morgan fingerprint density at radius 1 is 0.575 bits per heavy atom. The number of aliphatic hydroxyl groups excluding tert-OH is 2. The fourth-order valence-electron chi connectivity index (χ4n) is 5.19. The van der Waals surface area contributed by atoms with Crippen molar-refractivity contribution < 1.29 is 15.0 Å². The molecule has 0 aliphatic rings. The number of aliphatic hydroxyl groups is 2. The van der Waals surface area contributed by atoms with Crippen molar-refractivity contribution >= 4 is 5.91 Å². The van der Waals surface area contributed by atoms with Crippen LogP contribution in [-0.2, 0) is 4.79 Å². The summed E-state index contributed by atoms with van der Waals surface area (Å²) >= 11 is 0. The van der Waals surface area contributed by atoms with E-state index in [1.54, 1.807) is 6.08 Å². The van der Waals surface area contributed by atoms with Crippen molar-refractivity contribution in [3.63, 3.8) is 0 Å². The van der Waals surface area contributed by atoms with E-state index in [0.717, 1.165) is 32.1 Å². The summed E-state index contributed by atoms with van der Waals surface area (Å²) in [6.45, 7) is 4.28. The number of nitrogens with one attached hydrogen (secondary N) is 1. The molecular weight excluding hydrogens is 494 g/mol. The monoisotopic (exact) mass is 564 g/mol. The van der Waals surface area contributed by atoms with E-state index in [2.05, 4.69) is 31.3 Å². The van der Waals surface area contributed by atoms with Crippen LogP contribution in [0.2, 0.25) is 0 Å². The molecule has 0 bridgehead atoms. The molecule has 1 amide bonds. The molecule has 0 aromatic heterocycles. The van der Waals surface area contributed by atoms with Crippen molar-refractivity contribution in [1.82, 2.24) is 5.32 Å². The molecule has 0 aromatic rings. The van der Waals surface area contributed by atoms with Crippen LogP contribution < -0.4 is 5.32 Å². The minimum absolute atomic E-state index is 0.0747. The SMILES string of the molecule is CCCCCCCCCC/C=C/CC/C=C/C(O)C(CO)NC(=O)CCCCCCCCCCCCCCCC. The highest BCUT2D eigenvalue weighted by atomic mass is 16.3. The van der Waals surface area contributed by atoms with Crippen LogP contribution in [0.3, 0.4) is 0 Å². The Morgan fingerprint density at radius 3 is 1.45 bits per heavy atom. The van der Waals surface area contributed by atoms with Crippen molar-refractivity contribution in [3.05, 3.63) is 24.3 Å². The molecule has 0 aliphatic heterocycles. The Bertz CT molecular complexity index is 574. The number of carbonyl (C=O) groups is 1. The van der Waals surface area contributed by atoms with Gasteiger partial charge in [0.25, 0.3) is 0 Å². The molecule has 3 N–H and O–H groups in total. The lowest BCUT2D eigenvalue weighted by Gasteiger charge is -2.19. The smallest absolute Gasteiger partial charge is 0.220 e. The van der Waals surface area contributed by atoms with Gasteiger partial charge in [0, 0.05) is 6.42 Å². The van der Waals surface area contributed by atoms with Gasteiger partial charge in [0.2, 0.25) is 5.91 Å². The van der Waals surface area contributed by atoms with Crippen LogP contribution in [0, 0.1) is 0 Å². The van der Waals surface area contributed by atoms with Gasteiger partial charge in [-0.15, -0.1) is 0 Å². The molecule has 0 aromatic carbocycles. The maximum absolute atomic E-state index is 12.3. The number of allylic oxidation sites excluding steroid dienone is 3. The van der Waals surface area contributed by atoms with E-state index in [9.17, 15) is 15.0 Å². The van der Waals surface area contributed by atoms with Gasteiger partial charge in [-0.25, -0.2) is 0 Å². The van der Waals surface area contributed by atoms with Crippen LogP contribution in [0.5, 0.6) is 0 Å². The van der Waals surface area contributed by atoms with E-state index < -0.39 is 12.1 Å². The fourth-order valence-corrected chi connectivity index (χ4v) is 5.19. The second-order valence-corrected chi connectivity index (χ2v) is 11.9. The summed E-state index contributed by atoms with van der Waals surface area (Å²) in [5.74, 6) is -0.0747. The molecule has 0 heterocycles. The lowest BCUT2D eigenvalue weighted by molar-refractivity contribution is -0.123. The molecule has 0 spiro atoms. The van der Waals surface area contributed by atoms with E-state index in [4.69, 9.17) is 0 Å². The molecule has 0 radical (unpaired) electrons. The Hall–Kier alpha value is -1.13. The first kappa shape index (κ1) is 38.9. The Morgan fingerprint density at radius 2 is 0.975 bits per heavy atom. The van der Waals surface area contributed by atoms with Crippen LogP contribution in [0.1, 0.15) is 181 Å². The third-order valence-electron chi connectivity index (χ3n) is 7.94. The van der Waals surface area contributed by atoms with Gasteiger partial charge in [-0.05, 0) is 32.1 Å². The lowest BCUT2D eigenvalue weighted by atomic mass is 10.0. The molecule has 2 unspecified atom stereocenters. The Kier molecular flexibility index (Phi) is 31.5. The van der Waals surface area contributed by atoms with Crippen molar-refractivity contribution in [2.24, 2.45) is 0 Å². The maximum atomic E-state index is 12.3. The van der Waals surface area contributed by atoms with E-state index in [0.29, 0.717) is 6.42 Å². The fraction of sp³-hybridized carbons (Fsp3) is 0.861. The first-order valence-electron chi connectivity index (χ1n) is 17.6. The molecule has 40 heavy (non-hydrogen) atoms. The molecule has 0 aliphatic carbocycles. The molecule has 4 heteroatoms. The first-order valence-corrected chi connectivity index (χ1v) is 17.6. The maximum Gasteiger partial charge on any atom is 0.220 e. The highest BCUT2D eigenvalue weighted by molar-refractivity contribution is 5.76. The number of amides is 1. The lowest BCUT2D eigenvalue weighted by Crippen LogP contribution is -2.45. The van der Waals surface area contributed by atoms with Crippen molar-refractivity contribution in [2.45, 2.75) is 193 Å². The third kappa shape index (κ3) is 28.4. The van der Waals surface area contributed by atoms with Crippen LogP contribution in [0.15, 0.2) is 24.3 Å². The summed E-state index contributed by atoms with van der Waals surface area (Å²) in [4.78, 5) is 12.3. The van der Waals surface area contributed by atoms with E-state index in [1.165, 1.54) is 128 Å². The number of unbranched alkanes of at least 4 members (excludes halogenated alkanes) is 22. The van der Waals surface area contributed by atoms with Gasteiger partial charge in [-0.1, -0.05) is 167 Å². The van der Waals surface area contributed by atoms with Crippen LogP contribution in [0.25, 0.3) is 0 Å². The van der Waals surface area contributed by atoms with Gasteiger partial charge in [0.15, 0.2) is 0 Å².